The zero-order valence-corrected chi connectivity index (χ0v) is 15.8. The SMILES string of the molecule is CC1(C)SCC(C(=O)N2CCC3(CCc4ccccc43)CC2)NC1=O. The van der Waals surface area contributed by atoms with Gasteiger partial charge in [0.05, 0.1) is 4.75 Å². The number of carbonyl (C=O) groups excluding carboxylic acids is 2. The number of nitrogens with one attached hydrogen (secondary N) is 1. The molecular weight excluding hydrogens is 332 g/mol. The number of hydrogen-bond donors (Lipinski definition) is 1. The topological polar surface area (TPSA) is 49.4 Å². The molecule has 4 rings (SSSR count). The van der Waals surface area contributed by atoms with Gasteiger partial charge in [0.1, 0.15) is 6.04 Å². The Hall–Kier alpha value is -1.49. The number of likely N-dealkylation sites (tertiary alicyclic amines) is 1. The number of benzene rings is 1. The van der Waals surface area contributed by atoms with Crippen LogP contribution in [0.4, 0.5) is 0 Å². The summed E-state index contributed by atoms with van der Waals surface area (Å²) in [5.74, 6) is 0.736. The van der Waals surface area contributed by atoms with E-state index in [4.69, 9.17) is 0 Å². The summed E-state index contributed by atoms with van der Waals surface area (Å²) in [5, 5.41) is 2.93. The molecular formula is C20H26N2O2S. The lowest BCUT2D eigenvalue weighted by Gasteiger charge is -2.42. The van der Waals surface area contributed by atoms with Crippen molar-refractivity contribution >= 4 is 23.6 Å². The monoisotopic (exact) mass is 358 g/mol. The molecule has 2 saturated heterocycles. The maximum Gasteiger partial charge on any atom is 0.246 e. The minimum Gasteiger partial charge on any atom is -0.342 e. The highest BCUT2D eigenvalue weighted by Crippen LogP contribution is 2.46. The molecule has 1 N–H and O–H groups in total. The van der Waals surface area contributed by atoms with Crippen LogP contribution in [0.25, 0.3) is 0 Å². The summed E-state index contributed by atoms with van der Waals surface area (Å²) in [6.07, 6.45) is 4.44. The third-order valence-electron chi connectivity index (χ3n) is 6.25. The van der Waals surface area contributed by atoms with Crippen molar-refractivity contribution in [2.24, 2.45) is 0 Å². The van der Waals surface area contributed by atoms with Gasteiger partial charge in [0.25, 0.3) is 0 Å². The molecule has 1 unspecified atom stereocenters. The number of thioether (sulfide) groups is 1. The fourth-order valence-corrected chi connectivity index (χ4v) is 5.52. The highest BCUT2D eigenvalue weighted by Gasteiger charge is 2.44. The van der Waals surface area contributed by atoms with E-state index in [-0.39, 0.29) is 23.3 Å². The van der Waals surface area contributed by atoms with E-state index in [1.165, 1.54) is 17.5 Å². The van der Waals surface area contributed by atoms with Gasteiger partial charge in [-0.15, -0.1) is 11.8 Å². The van der Waals surface area contributed by atoms with Crippen LogP contribution < -0.4 is 5.32 Å². The number of carbonyl (C=O) groups is 2. The van der Waals surface area contributed by atoms with E-state index in [0.717, 1.165) is 32.4 Å². The number of nitrogens with zero attached hydrogens (tertiary/aromatic N) is 1. The van der Waals surface area contributed by atoms with Gasteiger partial charge in [0.15, 0.2) is 0 Å². The maximum absolute atomic E-state index is 12.9. The zero-order valence-electron chi connectivity index (χ0n) is 15.0. The molecule has 3 aliphatic rings. The number of hydrogen-bond acceptors (Lipinski definition) is 3. The van der Waals surface area contributed by atoms with E-state index in [2.05, 4.69) is 29.6 Å². The lowest BCUT2D eigenvalue weighted by molar-refractivity contribution is -0.137. The summed E-state index contributed by atoms with van der Waals surface area (Å²) < 4.78 is -0.434. The molecule has 2 amide bonds. The Kier molecular flexibility index (Phi) is 4.10. The van der Waals surface area contributed by atoms with Gasteiger partial charge in [0, 0.05) is 18.8 Å². The molecule has 2 heterocycles. The van der Waals surface area contributed by atoms with Crippen molar-refractivity contribution in [1.82, 2.24) is 10.2 Å². The number of aryl methyl sites for hydroxylation is 1. The highest BCUT2D eigenvalue weighted by molar-refractivity contribution is 8.01. The van der Waals surface area contributed by atoms with E-state index >= 15 is 0 Å². The Morgan fingerprint density at radius 1 is 1.20 bits per heavy atom. The molecule has 0 aromatic heterocycles. The summed E-state index contributed by atoms with van der Waals surface area (Å²) in [7, 11) is 0. The van der Waals surface area contributed by atoms with Crippen molar-refractivity contribution < 1.29 is 9.59 Å². The van der Waals surface area contributed by atoms with Crippen molar-refractivity contribution in [3.8, 4) is 0 Å². The fraction of sp³-hybridized carbons (Fsp3) is 0.600. The van der Waals surface area contributed by atoms with Gasteiger partial charge in [-0.1, -0.05) is 24.3 Å². The standard InChI is InChI=1S/C20H26N2O2S/c1-19(2)18(24)21-16(13-25-19)17(23)22-11-9-20(10-12-22)8-7-14-5-3-4-6-15(14)20/h3-6,16H,7-13H2,1-2H3,(H,21,24). The van der Waals surface area contributed by atoms with Crippen LogP contribution in [0.1, 0.15) is 44.2 Å². The van der Waals surface area contributed by atoms with Crippen LogP contribution in [0.2, 0.25) is 0 Å². The Labute approximate surface area is 153 Å². The second-order valence-corrected chi connectivity index (χ2v) is 9.75. The summed E-state index contributed by atoms with van der Waals surface area (Å²) in [6.45, 7) is 5.42. The minimum absolute atomic E-state index is 0.0275. The molecule has 5 heteroatoms. The molecule has 1 aliphatic carbocycles. The van der Waals surface area contributed by atoms with Crippen LogP contribution in [-0.4, -0.2) is 46.3 Å². The van der Waals surface area contributed by atoms with Crippen LogP contribution in [-0.2, 0) is 21.4 Å². The molecule has 1 aromatic rings. The van der Waals surface area contributed by atoms with Gasteiger partial charge in [0.2, 0.25) is 11.8 Å². The lowest BCUT2D eigenvalue weighted by Crippen LogP contribution is -2.59. The van der Waals surface area contributed by atoms with Crippen LogP contribution in [0, 0.1) is 0 Å². The number of rotatable bonds is 1. The zero-order chi connectivity index (χ0) is 17.7. The Morgan fingerprint density at radius 2 is 1.92 bits per heavy atom. The van der Waals surface area contributed by atoms with Gasteiger partial charge < -0.3 is 10.2 Å². The molecule has 134 valence electrons. The van der Waals surface area contributed by atoms with Gasteiger partial charge in [-0.2, -0.15) is 0 Å². The number of piperidine rings is 1. The molecule has 0 bridgehead atoms. The van der Waals surface area contributed by atoms with Crippen molar-refractivity contribution in [3.63, 3.8) is 0 Å². The second-order valence-electron chi connectivity index (χ2n) is 8.11. The van der Waals surface area contributed by atoms with Crippen molar-refractivity contribution in [2.45, 2.75) is 55.7 Å². The summed E-state index contributed by atoms with van der Waals surface area (Å²) >= 11 is 1.58. The summed E-state index contributed by atoms with van der Waals surface area (Å²) in [6, 6.07) is 8.43. The second kappa shape index (κ2) is 6.04. The van der Waals surface area contributed by atoms with Gasteiger partial charge in [-0.25, -0.2) is 0 Å². The van der Waals surface area contributed by atoms with Gasteiger partial charge >= 0.3 is 0 Å². The largest absolute Gasteiger partial charge is 0.342 e. The first kappa shape index (κ1) is 17.0. The third kappa shape index (κ3) is 2.86. The van der Waals surface area contributed by atoms with Gasteiger partial charge in [-0.05, 0) is 56.1 Å². The summed E-state index contributed by atoms with van der Waals surface area (Å²) in [5.41, 5.74) is 3.26. The van der Waals surface area contributed by atoms with Crippen LogP contribution >= 0.6 is 11.8 Å². The lowest BCUT2D eigenvalue weighted by atomic mass is 9.74. The first-order valence-corrected chi connectivity index (χ1v) is 10.2. The van der Waals surface area contributed by atoms with Crippen LogP contribution in [0.5, 0.6) is 0 Å². The van der Waals surface area contributed by atoms with Crippen LogP contribution in [0.15, 0.2) is 24.3 Å². The molecule has 25 heavy (non-hydrogen) atoms. The minimum atomic E-state index is -0.434. The fourth-order valence-electron chi connectivity index (χ4n) is 4.52. The van der Waals surface area contributed by atoms with Crippen LogP contribution in [0.3, 0.4) is 0 Å². The van der Waals surface area contributed by atoms with Crippen molar-refractivity contribution in [3.05, 3.63) is 35.4 Å². The third-order valence-corrected chi connectivity index (χ3v) is 7.66. The van der Waals surface area contributed by atoms with E-state index in [0.29, 0.717) is 5.75 Å². The van der Waals surface area contributed by atoms with E-state index in [1.807, 2.05) is 18.7 Å². The first-order chi connectivity index (χ1) is 11.9. The first-order valence-electron chi connectivity index (χ1n) is 9.23. The summed E-state index contributed by atoms with van der Waals surface area (Å²) in [4.78, 5) is 27.0. The molecule has 0 radical (unpaired) electrons. The predicted molar refractivity (Wildman–Crippen MR) is 101 cm³/mol. The molecule has 0 saturated carbocycles. The van der Waals surface area contributed by atoms with Gasteiger partial charge in [-0.3, -0.25) is 9.59 Å². The number of fused-ring (bicyclic) bond motifs is 2. The van der Waals surface area contributed by atoms with E-state index in [1.54, 1.807) is 11.8 Å². The normalized spacial score (nSPS) is 27.0. The molecule has 2 aliphatic heterocycles. The average molecular weight is 359 g/mol. The van der Waals surface area contributed by atoms with Crippen molar-refractivity contribution in [2.75, 3.05) is 18.8 Å². The Morgan fingerprint density at radius 3 is 2.64 bits per heavy atom. The molecule has 2 fully saturated rings. The average Bonchev–Trinajstić information content (AvgIpc) is 2.96. The number of amides is 2. The quantitative estimate of drug-likeness (QED) is 0.839. The Balaban J connectivity index is 1.41. The molecule has 1 spiro atoms. The molecule has 4 nitrogen and oxygen atoms in total. The molecule has 1 atom stereocenters. The van der Waals surface area contributed by atoms with E-state index in [9.17, 15) is 9.59 Å². The maximum atomic E-state index is 12.9. The van der Waals surface area contributed by atoms with E-state index < -0.39 is 4.75 Å². The highest BCUT2D eigenvalue weighted by atomic mass is 32.2. The van der Waals surface area contributed by atoms with Crippen molar-refractivity contribution in [1.29, 1.82) is 0 Å². The Bertz CT molecular complexity index is 707. The molecule has 1 aromatic carbocycles. The smallest absolute Gasteiger partial charge is 0.246 e. The predicted octanol–water partition coefficient (Wildman–Crippen LogP) is 2.50.